The first-order valence-corrected chi connectivity index (χ1v) is 9.89. The second-order valence-corrected chi connectivity index (χ2v) is 7.44. The van der Waals surface area contributed by atoms with E-state index in [9.17, 15) is 24.0 Å². The van der Waals surface area contributed by atoms with Gasteiger partial charge >= 0.3 is 23.9 Å². The third-order valence-electron chi connectivity index (χ3n) is 5.03. The van der Waals surface area contributed by atoms with Crippen molar-refractivity contribution in [3.05, 3.63) is 30.0 Å². The molecular weight excluding hydrogens is 456 g/mol. The summed E-state index contributed by atoms with van der Waals surface area (Å²) in [4.78, 5) is 54.3. The molecule has 0 bridgehead atoms. The third-order valence-corrected chi connectivity index (χ3v) is 5.03. The van der Waals surface area contributed by atoms with E-state index in [-0.39, 0.29) is 11.9 Å². The van der Waals surface area contributed by atoms with Crippen LogP contribution in [0.5, 0.6) is 5.75 Å². The fourth-order valence-electron chi connectivity index (χ4n) is 3.30. The average molecular weight is 480 g/mol. The molecule has 0 radical (unpaired) electrons. The number of carboxylic acid groups (broad SMARTS) is 3. The van der Waals surface area contributed by atoms with Crippen LogP contribution in [-0.4, -0.2) is 80.1 Å². The van der Waals surface area contributed by atoms with Crippen LogP contribution < -0.4 is 10.1 Å². The number of hydrogen-bond acceptors (Lipinski definition) is 8. The number of aromatic nitrogens is 1. The standard InChI is InChI=1S/C15H16N2O4.C6H8O7/c1-17-11-4-3-5-13(20-2)9(11)8-12(17)14(18)16-10-6-7-21-15(10)19;7-3(8)1-6(13,5(11)12)2-4(9)10/h3-5,8,10H,6-7H2,1-2H3,(H,16,18);13H,1-2H2,(H,7,8)(H,9,10)(H,11,12). The van der Waals surface area contributed by atoms with Crippen LogP contribution >= 0.6 is 0 Å². The lowest BCUT2D eigenvalue weighted by molar-refractivity contribution is -0.170. The Bertz CT molecular complexity index is 1110. The van der Waals surface area contributed by atoms with E-state index in [1.165, 1.54) is 0 Å². The molecule has 1 fully saturated rings. The summed E-state index contributed by atoms with van der Waals surface area (Å²) in [5, 5.41) is 37.4. The number of aliphatic carboxylic acids is 3. The molecule has 1 amide bonds. The van der Waals surface area contributed by atoms with Gasteiger partial charge in [-0.3, -0.25) is 14.4 Å². The lowest BCUT2D eigenvalue weighted by Crippen LogP contribution is -2.42. The van der Waals surface area contributed by atoms with E-state index in [0.717, 1.165) is 10.9 Å². The number of carboxylic acids is 3. The van der Waals surface area contributed by atoms with Crippen molar-refractivity contribution >= 4 is 40.7 Å². The predicted octanol–water partition coefficient (Wildman–Crippen LogP) is -0.0163. The Hall–Kier alpha value is -4.13. The van der Waals surface area contributed by atoms with Crippen LogP contribution in [0.2, 0.25) is 0 Å². The molecule has 0 aliphatic carbocycles. The van der Waals surface area contributed by atoms with Crippen LogP contribution in [0, 0.1) is 0 Å². The molecule has 0 saturated carbocycles. The zero-order valence-corrected chi connectivity index (χ0v) is 18.3. The lowest BCUT2D eigenvalue weighted by atomic mass is 9.96. The third kappa shape index (κ3) is 6.01. The minimum absolute atomic E-state index is 0.292. The second kappa shape index (κ2) is 10.7. The maximum absolute atomic E-state index is 12.4. The van der Waals surface area contributed by atoms with Crippen molar-refractivity contribution in [1.29, 1.82) is 0 Å². The number of ether oxygens (including phenoxy) is 2. The molecule has 5 N–H and O–H groups in total. The Morgan fingerprint density at radius 1 is 1.18 bits per heavy atom. The van der Waals surface area contributed by atoms with Crippen molar-refractivity contribution in [3.63, 3.8) is 0 Å². The van der Waals surface area contributed by atoms with E-state index in [1.54, 1.807) is 17.7 Å². The SMILES string of the molecule is COc1cccc2c1cc(C(=O)NC1CCOC1=O)n2C.O=C(O)CC(O)(CC(=O)O)C(=O)O. The van der Waals surface area contributed by atoms with Crippen LogP contribution in [0.25, 0.3) is 10.9 Å². The molecule has 2 heterocycles. The zero-order chi connectivity index (χ0) is 25.6. The van der Waals surface area contributed by atoms with E-state index in [1.807, 2.05) is 25.2 Å². The average Bonchev–Trinajstić information content (AvgIpc) is 3.30. The van der Waals surface area contributed by atoms with E-state index < -0.39 is 42.4 Å². The van der Waals surface area contributed by atoms with E-state index in [2.05, 4.69) is 5.32 Å². The van der Waals surface area contributed by atoms with E-state index in [4.69, 9.17) is 29.9 Å². The highest BCUT2D eigenvalue weighted by molar-refractivity contribution is 6.01. The van der Waals surface area contributed by atoms with Gasteiger partial charge in [0.15, 0.2) is 5.60 Å². The van der Waals surface area contributed by atoms with Crippen molar-refractivity contribution in [2.45, 2.75) is 30.9 Å². The van der Waals surface area contributed by atoms with Crippen molar-refractivity contribution in [1.82, 2.24) is 9.88 Å². The van der Waals surface area contributed by atoms with Gasteiger partial charge in [-0.2, -0.15) is 0 Å². The molecule has 13 nitrogen and oxygen atoms in total. The number of benzene rings is 1. The second-order valence-electron chi connectivity index (χ2n) is 7.44. The first-order valence-electron chi connectivity index (χ1n) is 9.89. The van der Waals surface area contributed by atoms with Gasteiger partial charge in [-0.25, -0.2) is 9.59 Å². The number of fused-ring (bicyclic) bond motifs is 1. The summed E-state index contributed by atoms with van der Waals surface area (Å²) < 4.78 is 11.9. The van der Waals surface area contributed by atoms with Gasteiger partial charge in [-0.1, -0.05) is 6.07 Å². The minimum atomic E-state index is -2.74. The van der Waals surface area contributed by atoms with Gasteiger partial charge < -0.3 is 39.8 Å². The first kappa shape index (κ1) is 26.1. The number of aryl methyl sites for hydroxylation is 1. The largest absolute Gasteiger partial charge is 0.496 e. The molecule has 1 saturated heterocycles. The number of carbonyl (C=O) groups excluding carboxylic acids is 2. The van der Waals surface area contributed by atoms with Crippen molar-refractivity contribution < 1.29 is 53.9 Å². The molecule has 1 aliphatic heterocycles. The predicted molar refractivity (Wildman–Crippen MR) is 113 cm³/mol. The molecule has 1 aromatic carbocycles. The Morgan fingerprint density at radius 2 is 1.79 bits per heavy atom. The summed E-state index contributed by atoms with van der Waals surface area (Å²) >= 11 is 0. The van der Waals surface area contributed by atoms with E-state index in [0.29, 0.717) is 24.5 Å². The van der Waals surface area contributed by atoms with Crippen molar-refractivity contribution in [2.24, 2.45) is 7.05 Å². The smallest absolute Gasteiger partial charge is 0.336 e. The highest BCUT2D eigenvalue weighted by atomic mass is 16.5. The number of rotatable bonds is 8. The molecule has 2 aromatic rings. The summed E-state index contributed by atoms with van der Waals surface area (Å²) in [5.74, 6) is -4.98. The van der Waals surface area contributed by atoms with Crippen LogP contribution in [0.1, 0.15) is 29.8 Å². The van der Waals surface area contributed by atoms with Gasteiger partial charge in [0.1, 0.15) is 17.5 Å². The van der Waals surface area contributed by atoms with Crippen molar-refractivity contribution in [2.75, 3.05) is 13.7 Å². The molecule has 3 rings (SSSR count). The topological polar surface area (TPSA) is 202 Å². The van der Waals surface area contributed by atoms with Gasteiger partial charge in [-0.05, 0) is 18.2 Å². The molecule has 1 aromatic heterocycles. The number of nitrogens with zero attached hydrogens (tertiary/aromatic N) is 1. The number of amides is 1. The Kier molecular flexibility index (Phi) is 8.19. The fourth-order valence-corrected chi connectivity index (χ4v) is 3.30. The van der Waals surface area contributed by atoms with Crippen LogP contribution in [0.3, 0.4) is 0 Å². The summed E-state index contributed by atoms with van der Waals surface area (Å²) in [6, 6.07) is 6.84. The Labute approximate surface area is 192 Å². The molecule has 1 aliphatic rings. The highest BCUT2D eigenvalue weighted by Gasteiger charge is 2.40. The van der Waals surface area contributed by atoms with Crippen LogP contribution in [-0.2, 0) is 31.0 Å². The maximum Gasteiger partial charge on any atom is 0.336 e. The highest BCUT2D eigenvalue weighted by Crippen LogP contribution is 2.28. The molecule has 1 atom stereocenters. The summed E-state index contributed by atoms with van der Waals surface area (Å²) in [6.45, 7) is 0.354. The summed E-state index contributed by atoms with van der Waals surface area (Å²) in [7, 11) is 3.40. The van der Waals surface area contributed by atoms with Crippen molar-refractivity contribution in [3.8, 4) is 5.75 Å². The zero-order valence-electron chi connectivity index (χ0n) is 18.3. The molecule has 13 heteroatoms. The summed E-state index contributed by atoms with van der Waals surface area (Å²) in [5.41, 5.74) is -1.36. The number of carbonyl (C=O) groups is 5. The molecule has 0 spiro atoms. The fraction of sp³-hybridized carbons (Fsp3) is 0.381. The molecule has 1 unspecified atom stereocenters. The summed E-state index contributed by atoms with van der Waals surface area (Å²) in [6.07, 6.45) is -1.78. The maximum atomic E-state index is 12.4. The minimum Gasteiger partial charge on any atom is -0.496 e. The first-order chi connectivity index (χ1) is 15.9. The molecule has 34 heavy (non-hydrogen) atoms. The lowest BCUT2D eigenvalue weighted by Gasteiger charge is -2.18. The quantitative estimate of drug-likeness (QED) is 0.318. The van der Waals surface area contributed by atoms with Gasteiger partial charge in [-0.15, -0.1) is 0 Å². The normalized spacial score (nSPS) is 15.1. The van der Waals surface area contributed by atoms with Gasteiger partial charge in [0, 0.05) is 18.9 Å². The number of cyclic esters (lactones) is 1. The molecular formula is C21H24N2O11. The van der Waals surface area contributed by atoms with Crippen LogP contribution in [0.4, 0.5) is 0 Å². The van der Waals surface area contributed by atoms with Gasteiger partial charge in [0.25, 0.3) is 5.91 Å². The Morgan fingerprint density at radius 3 is 2.26 bits per heavy atom. The Balaban J connectivity index is 0.000000273. The van der Waals surface area contributed by atoms with Crippen LogP contribution in [0.15, 0.2) is 24.3 Å². The monoisotopic (exact) mass is 480 g/mol. The number of esters is 1. The number of aliphatic hydroxyl groups is 1. The van der Waals surface area contributed by atoms with Gasteiger partial charge in [0.05, 0.1) is 32.1 Å². The number of hydrogen-bond donors (Lipinski definition) is 5. The number of nitrogens with one attached hydrogen (secondary N) is 1. The molecule has 184 valence electrons. The van der Waals surface area contributed by atoms with E-state index >= 15 is 0 Å². The van der Waals surface area contributed by atoms with Gasteiger partial charge in [0.2, 0.25) is 0 Å². The number of methoxy groups -OCH3 is 1.